The number of halogens is 2. The molecule has 0 bridgehead atoms. The minimum atomic E-state index is -0.249. The van der Waals surface area contributed by atoms with Crippen molar-refractivity contribution in [3.05, 3.63) is 112 Å². The molecule has 0 unspecified atom stereocenters. The largest absolute Gasteiger partial charge is 0.302 e. The molecule has 0 atom stereocenters. The molecule has 5 heteroatoms. The summed E-state index contributed by atoms with van der Waals surface area (Å²) in [5, 5.41) is 3.10. The van der Waals surface area contributed by atoms with Gasteiger partial charge in [0.15, 0.2) is 0 Å². The van der Waals surface area contributed by atoms with Crippen molar-refractivity contribution >= 4 is 22.4 Å². The average molecular weight is 523 g/mol. The normalized spacial score (nSPS) is 15.2. The summed E-state index contributed by atoms with van der Waals surface area (Å²) in [4.78, 5) is 7.22. The van der Waals surface area contributed by atoms with Gasteiger partial charge in [0, 0.05) is 25.3 Å². The zero-order valence-electron chi connectivity index (χ0n) is 22.9. The van der Waals surface area contributed by atoms with Crippen molar-refractivity contribution in [2.45, 2.75) is 53.9 Å². The number of hydrogen-bond donors (Lipinski definition) is 0. The van der Waals surface area contributed by atoms with Crippen molar-refractivity contribution in [3.8, 4) is 0 Å². The third-order valence-corrected chi connectivity index (χ3v) is 7.04. The first-order chi connectivity index (χ1) is 17.8. The standard InChI is InChI=1S/C29H34F2N2S.C3H6/c1-5-20-34-23(4)32-22(3)21(2)14-17-33-18-15-26(16-19-33)29(24-6-10-27(30)11-7-24)25-8-12-28(31)13-9-25;1-3-2/h5-13,20H,14-19H2,1-4H3;3H,1H2,2H3/b20-5-,22-21+,32-23?;. The van der Waals surface area contributed by atoms with Crippen LogP contribution in [0.5, 0.6) is 0 Å². The van der Waals surface area contributed by atoms with E-state index in [0.29, 0.717) is 0 Å². The maximum Gasteiger partial charge on any atom is 0.123 e. The van der Waals surface area contributed by atoms with E-state index in [1.807, 2.05) is 56.5 Å². The van der Waals surface area contributed by atoms with Crippen LogP contribution in [0.3, 0.4) is 0 Å². The van der Waals surface area contributed by atoms with Gasteiger partial charge in [-0.05, 0) is 100 Å². The minimum absolute atomic E-state index is 0.249. The molecule has 0 amide bonds. The van der Waals surface area contributed by atoms with E-state index in [0.717, 1.165) is 66.3 Å². The maximum atomic E-state index is 13.5. The Hall–Kier alpha value is -2.76. The van der Waals surface area contributed by atoms with Gasteiger partial charge in [0.1, 0.15) is 11.6 Å². The van der Waals surface area contributed by atoms with Gasteiger partial charge in [-0.1, -0.05) is 59.3 Å². The van der Waals surface area contributed by atoms with Gasteiger partial charge in [-0.3, -0.25) is 4.99 Å². The van der Waals surface area contributed by atoms with Crippen LogP contribution in [0.2, 0.25) is 0 Å². The lowest BCUT2D eigenvalue weighted by Gasteiger charge is -2.30. The molecule has 1 saturated heterocycles. The van der Waals surface area contributed by atoms with Crippen LogP contribution in [0.4, 0.5) is 8.78 Å². The highest BCUT2D eigenvalue weighted by Gasteiger charge is 2.19. The first-order valence-corrected chi connectivity index (χ1v) is 13.7. The Labute approximate surface area is 226 Å². The lowest BCUT2D eigenvalue weighted by atomic mass is 9.88. The first kappa shape index (κ1) is 30.5. The molecular formula is C32H40F2N2S. The van der Waals surface area contributed by atoms with Crippen LogP contribution in [-0.2, 0) is 0 Å². The fourth-order valence-electron chi connectivity index (χ4n) is 4.14. The summed E-state index contributed by atoms with van der Waals surface area (Å²) in [6.45, 7) is 16.5. The van der Waals surface area contributed by atoms with Crippen molar-refractivity contribution in [3.63, 3.8) is 0 Å². The number of nitrogens with zero attached hydrogens (tertiary/aromatic N) is 2. The summed E-state index contributed by atoms with van der Waals surface area (Å²) >= 11 is 1.65. The van der Waals surface area contributed by atoms with E-state index in [-0.39, 0.29) is 11.6 Å². The van der Waals surface area contributed by atoms with Crippen LogP contribution in [-0.4, -0.2) is 29.6 Å². The molecule has 2 aromatic carbocycles. The molecule has 2 aromatic rings. The van der Waals surface area contributed by atoms with Crippen LogP contribution in [0.1, 0.15) is 65.0 Å². The van der Waals surface area contributed by atoms with Gasteiger partial charge in [0.25, 0.3) is 0 Å². The summed E-state index contributed by atoms with van der Waals surface area (Å²) in [6.07, 6.45) is 6.66. The zero-order valence-corrected chi connectivity index (χ0v) is 23.7. The summed E-state index contributed by atoms with van der Waals surface area (Å²) in [5.41, 5.74) is 6.83. The summed E-state index contributed by atoms with van der Waals surface area (Å²) < 4.78 is 27.1. The van der Waals surface area contributed by atoms with Crippen molar-refractivity contribution < 1.29 is 8.78 Å². The van der Waals surface area contributed by atoms with Gasteiger partial charge in [-0.2, -0.15) is 0 Å². The Morgan fingerprint density at radius 1 is 0.919 bits per heavy atom. The molecule has 0 radical (unpaired) electrons. The fourth-order valence-corrected chi connectivity index (χ4v) is 4.66. The molecule has 1 aliphatic heterocycles. The molecule has 2 nitrogen and oxygen atoms in total. The molecule has 1 aliphatic rings. The van der Waals surface area contributed by atoms with Crippen molar-refractivity contribution in [2.75, 3.05) is 19.6 Å². The molecule has 0 aliphatic carbocycles. The lowest BCUT2D eigenvalue weighted by molar-refractivity contribution is 0.259. The number of aliphatic imine (C=N–C) groups is 1. The number of rotatable bonds is 7. The Morgan fingerprint density at radius 3 is 1.86 bits per heavy atom. The number of thioether (sulfide) groups is 1. The smallest absolute Gasteiger partial charge is 0.123 e. The molecule has 1 fully saturated rings. The third-order valence-electron chi connectivity index (χ3n) is 6.20. The SMILES string of the molecule is C/C=C\SC(C)=N/C(C)=C(\C)CCN1CCC(=C(c2ccc(F)cc2)c2ccc(F)cc2)CC1.C=CC. The van der Waals surface area contributed by atoms with Crippen molar-refractivity contribution in [1.29, 1.82) is 0 Å². The van der Waals surface area contributed by atoms with Crippen LogP contribution >= 0.6 is 11.8 Å². The van der Waals surface area contributed by atoms with E-state index in [1.165, 1.54) is 35.4 Å². The molecule has 198 valence electrons. The monoisotopic (exact) mass is 522 g/mol. The Morgan fingerprint density at radius 2 is 1.41 bits per heavy atom. The summed E-state index contributed by atoms with van der Waals surface area (Å²) in [6, 6.07) is 13.3. The first-order valence-electron chi connectivity index (χ1n) is 12.8. The van der Waals surface area contributed by atoms with Gasteiger partial charge >= 0.3 is 0 Å². The Bertz CT molecular complexity index is 1070. The summed E-state index contributed by atoms with van der Waals surface area (Å²) in [7, 11) is 0. The van der Waals surface area contributed by atoms with E-state index >= 15 is 0 Å². The van der Waals surface area contributed by atoms with E-state index in [9.17, 15) is 8.78 Å². The second kappa shape index (κ2) is 16.2. The number of allylic oxidation sites excluding steroid dienone is 3. The Balaban J connectivity index is 0.00000153. The topological polar surface area (TPSA) is 15.6 Å². The van der Waals surface area contributed by atoms with Crippen LogP contribution < -0.4 is 0 Å². The van der Waals surface area contributed by atoms with Gasteiger partial charge in [0.05, 0.1) is 5.04 Å². The molecule has 1 heterocycles. The van der Waals surface area contributed by atoms with Crippen molar-refractivity contribution in [2.24, 2.45) is 4.99 Å². The predicted molar refractivity (Wildman–Crippen MR) is 159 cm³/mol. The highest BCUT2D eigenvalue weighted by atomic mass is 32.2. The number of piperidine rings is 1. The molecule has 3 rings (SSSR count). The van der Waals surface area contributed by atoms with E-state index in [2.05, 4.69) is 25.3 Å². The van der Waals surface area contributed by atoms with Gasteiger partial charge in [-0.15, -0.1) is 6.58 Å². The van der Waals surface area contributed by atoms with Crippen LogP contribution in [0.25, 0.3) is 5.57 Å². The van der Waals surface area contributed by atoms with Crippen LogP contribution in [0, 0.1) is 11.6 Å². The zero-order chi connectivity index (χ0) is 27.2. The molecule has 0 spiro atoms. The van der Waals surface area contributed by atoms with Gasteiger partial charge in [-0.25, -0.2) is 8.78 Å². The number of likely N-dealkylation sites (tertiary alicyclic amines) is 1. The Kier molecular flexibility index (Phi) is 13.3. The minimum Gasteiger partial charge on any atom is -0.302 e. The molecule has 0 N–H and O–H groups in total. The quantitative estimate of drug-likeness (QED) is 0.204. The van der Waals surface area contributed by atoms with E-state index < -0.39 is 0 Å². The highest BCUT2D eigenvalue weighted by molar-refractivity contribution is 8.16. The van der Waals surface area contributed by atoms with E-state index in [1.54, 1.807) is 17.8 Å². The third kappa shape index (κ3) is 10.3. The lowest BCUT2D eigenvalue weighted by Crippen LogP contribution is -2.32. The number of hydrogen-bond acceptors (Lipinski definition) is 3. The number of benzene rings is 2. The average Bonchev–Trinajstić information content (AvgIpc) is 2.89. The van der Waals surface area contributed by atoms with Crippen LogP contribution in [0.15, 0.2) is 94.5 Å². The van der Waals surface area contributed by atoms with Gasteiger partial charge in [0.2, 0.25) is 0 Å². The van der Waals surface area contributed by atoms with Gasteiger partial charge < -0.3 is 4.90 Å². The predicted octanol–water partition coefficient (Wildman–Crippen LogP) is 9.42. The molecule has 37 heavy (non-hydrogen) atoms. The fraction of sp³-hybridized carbons (Fsp3) is 0.344. The molecular weight excluding hydrogens is 482 g/mol. The summed E-state index contributed by atoms with van der Waals surface area (Å²) in [5.74, 6) is -0.499. The van der Waals surface area contributed by atoms with E-state index in [4.69, 9.17) is 4.99 Å². The van der Waals surface area contributed by atoms with Crippen molar-refractivity contribution in [1.82, 2.24) is 4.90 Å². The molecule has 0 aromatic heterocycles. The second-order valence-electron chi connectivity index (χ2n) is 9.08. The maximum absolute atomic E-state index is 13.5. The highest BCUT2D eigenvalue weighted by Crippen LogP contribution is 2.33. The molecule has 0 saturated carbocycles. The second-order valence-corrected chi connectivity index (χ2v) is 10.2.